The highest BCUT2D eigenvalue weighted by molar-refractivity contribution is 6.23. The average molecular weight is 919 g/mol. The minimum atomic E-state index is -0.988. The first-order valence-electron chi connectivity index (χ1n) is 23.3. The number of nitrogens with zero attached hydrogens (tertiary/aromatic N) is 10. The number of amides is 5. The molecule has 0 spiro atoms. The van der Waals surface area contributed by atoms with Crippen LogP contribution in [-0.2, 0) is 9.59 Å². The number of piperidine rings is 3. The SMILES string of the molecule is Nc1ncnc2c1c(-c1ccc(Oc3ccccc3)cc1)nn2[C@@H]1CCCN(C(=O)c2cnc(N3CCC(CN4CCN(c5ccc6c(c5)C(=O)N(C5CCC(=O)NC5=O)C6=O)CC4)CC3)o2)C1. The van der Waals surface area contributed by atoms with E-state index in [0.29, 0.717) is 58.9 Å². The fourth-order valence-corrected chi connectivity index (χ4v) is 10.3. The van der Waals surface area contributed by atoms with Crippen molar-refractivity contribution in [3.05, 3.63) is 102 Å². The molecule has 1 unspecified atom stereocenters. The van der Waals surface area contributed by atoms with E-state index in [1.807, 2.05) is 65.3 Å². The maximum atomic E-state index is 14.0. The van der Waals surface area contributed by atoms with Crippen LogP contribution in [0, 0.1) is 5.92 Å². The van der Waals surface area contributed by atoms with E-state index in [9.17, 15) is 24.0 Å². The summed E-state index contributed by atoms with van der Waals surface area (Å²) in [5, 5.41) is 7.96. The van der Waals surface area contributed by atoms with Gasteiger partial charge in [0.25, 0.3) is 23.7 Å². The number of carbonyl (C=O) groups excluding carboxylic acids is 5. The summed E-state index contributed by atoms with van der Waals surface area (Å²) in [6.45, 7) is 6.74. The van der Waals surface area contributed by atoms with Crippen molar-refractivity contribution in [3.8, 4) is 22.8 Å². The fourth-order valence-electron chi connectivity index (χ4n) is 10.3. The number of ether oxygens (including phenoxy) is 1. The molecule has 3 aromatic heterocycles. The van der Waals surface area contributed by atoms with E-state index in [1.165, 1.54) is 12.5 Å². The summed E-state index contributed by atoms with van der Waals surface area (Å²) in [7, 11) is 0. The monoisotopic (exact) mass is 918 g/mol. The molecule has 4 fully saturated rings. The van der Waals surface area contributed by atoms with Crippen LogP contribution in [0.15, 0.2) is 89.7 Å². The number of oxazole rings is 1. The fraction of sp³-hybridized carbons (Fsp3) is 0.367. The van der Waals surface area contributed by atoms with Crippen molar-refractivity contribution in [2.75, 3.05) is 74.4 Å². The summed E-state index contributed by atoms with van der Waals surface area (Å²) >= 11 is 0. The van der Waals surface area contributed by atoms with Crippen LogP contribution >= 0.6 is 0 Å². The molecule has 0 saturated carbocycles. The summed E-state index contributed by atoms with van der Waals surface area (Å²) in [6.07, 6.45) is 6.68. The number of nitrogen functional groups attached to an aromatic ring is 1. The van der Waals surface area contributed by atoms with E-state index in [2.05, 4.69) is 35.0 Å². The second-order valence-corrected chi connectivity index (χ2v) is 18.1. The molecule has 6 aromatic rings. The highest BCUT2D eigenvalue weighted by Crippen LogP contribution is 2.36. The number of nitrogens with two attached hydrogens (primary N) is 1. The highest BCUT2D eigenvalue weighted by Gasteiger charge is 2.45. The smallest absolute Gasteiger partial charge is 0.297 e. The van der Waals surface area contributed by atoms with Gasteiger partial charge in [0.1, 0.15) is 35.4 Å². The molecule has 0 bridgehead atoms. The predicted molar refractivity (Wildman–Crippen MR) is 249 cm³/mol. The van der Waals surface area contributed by atoms with Crippen molar-refractivity contribution in [3.63, 3.8) is 0 Å². The van der Waals surface area contributed by atoms with Crippen molar-refractivity contribution >= 4 is 58.1 Å². The van der Waals surface area contributed by atoms with Crippen LogP contribution in [0.4, 0.5) is 17.5 Å². The molecule has 68 heavy (non-hydrogen) atoms. The Hall–Kier alpha value is -7.67. The van der Waals surface area contributed by atoms with Crippen LogP contribution in [-0.4, -0.2) is 134 Å². The second kappa shape index (κ2) is 17.9. The van der Waals surface area contributed by atoms with E-state index >= 15 is 0 Å². The van der Waals surface area contributed by atoms with Gasteiger partial charge in [-0.2, -0.15) is 5.10 Å². The molecule has 348 valence electrons. The molecule has 11 rings (SSSR count). The number of rotatable bonds is 10. The Labute approximate surface area is 390 Å². The minimum Gasteiger partial charge on any atom is -0.457 e. The number of piperazine rings is 1. The molecule has 5 amide bonds. The normalized spacial score (nSPS) is 20.6. The third kappa shape index (κ3) is 8.15. The lowest BCUT2D eigenvalue weighted by molar-refractivity contribution is -0.136. The molecule has 19 heteroatoms. The van der Waals surface area contributed by atoms with Gasteiger partial charge in [-0.15, -0.1) is 0 Å². The van der Waals surface area contributed by atoms with Gasteiger partial charge in [-0.1, -0.05) is 18.2 Å². The maximum absolute atomic E-state index is 14.0. The zero-order valence-electron chi connectivity index (χ0n) is 37.3. The van der Waals surface area contributed by atoms with Crippen LogP contribution in [0.3, 0.4) is 0 Å². The van der Waals surface area contributed by atoms with Gasteiger partial charge in [-0.25, -0.2) is 19.6 Å². The van der Waals surface area contributed by atoms with E-state index in [4.69, 9.17) is 20.0 Å². The Balaban J connectivity index is 0.675. The molecule has 5 aliphatic rings. The zero-order chi connectivity index (χ0) is 46.5. The summed E-state index contributed by atoms with van der Waals surface area (Å²) in [6, 6.07) is 21.9. The van der Waals surface area contributed by atoms with Gasteiger partial charge < -0.3 is 29.6 Å². The third-order valence-electron chi connectivity index (χ3n) is 13.9. The van der Waals surface area contributed by atoms with Crippen LogP contribution in [0.1, 0.15) is 75.8 Å². The van der Waals surface area contributed by atoms with Gasteiger partial charge in [0.2, 0.25) is 17.6 Å². The van der Waals surface area contributed by atoms with Crippen molar-refractivity contribution in [1.29, 1.82) is 0 Å². The second-order valence-electron chi connectivity index (χ2n) is 18.1. The van der Waals surface area contributed by atoms with Crippen LogP contribution in [0.5, 0.6) is 11.5 Å². The Bertz CT molecular complexity index is 2920. The Morgan fingerprint density at radius 1 is 0.794 bits per heavy atom. The molecular weight excluding hydrogens is 869 g/mol. The van der Waals surface area contributed by atoms with Gasteiger partial charge in [0.05, 0.1) is 28.8 Å². The molecule has 3 N–H and O–H groups in total. The van der Waals surface area contributed by atoms with E-state index in [0.717, 1.165) is 93.4 Å². The van der Waals surface area contributed by atoms with Crippen molar-refractivity contribution in [1.82, 2.24) is 44.7 Å². The molecule has 5 aliphatic heterocycles. The number of anilines is 3. The Morgan fingerprint density at radius 2 is 1.56 bits per heavy atom. The first-order chi connectivity index (χ1) is 33.1. The highest BCUT2D eigenvalue weighted by atomic mass is 16.5. The number of para-hydroxylation sites is 1. The Kier molecular flexibility index (Phi) is 11.3. The molecular formula is C49H50N12O7. The number of hydrogen-bond donors (Lipinski definition) is 2. The van der Waals surface area contributed by atoms with Gasteiger partial charge in [0.15, 0.2) is 5.65 Å². The standard InChI is InChI=1S/C49H50N12O7/c50-43-41-42(31-8-11-35(12-9-31)67-34-6-2-1-3-7-34)55-61(44(41)53-29-52-43)33-5-4-18-59(28-33)48(66)39-26-51-49(68-39)58-19-16-30(17-20-58)27-56-21-23-57(24-22-56)32-10-13-36-37(25-32)47(65)60(46(36)64)38-14-15-40(62)54-45(38)63/h1-3,6-13,25-26,29-30,33,38H,4-5,14-24,27-28H2,(H2,50,52,53)(H,54,62,63)/t33-,38?/m1/s1. The molecule has 8 heterocycles. The number of imide groups is 2. The first kappa shape index (κ1) is 42.9. The van der Waals surface area contributed by atoms with Gasteiger partial charge in [-0.3, -0.25) is 39.1 Å². The number of likely N-dealkylation sites (tertiary alicyclic amines) is 1. The largest absolute Gasteiger partial charge is 0.457 e. The quantitative estimate of drug-likeness (QED) is 0.177. The summed E-state index contributed by atoms with van der Waals surface area (Å²) in [4.78, 5) is 87.8. The van der Waals surface area contributed by atoms with Crippen molar-refractivity contribution < 1.29 is 33.1 Å². The van der Waals surface area contributed by atoms with Crippen LogP contribution in [0.25, 0.3) is 22.3 Å². The molecule has 3 aromatic carbocycles. The molecule has 2 atom stereocenters. The van der Waals surface area contributed by atoms with E-state index in [1.54, 1.807) is 17.0 Å². The van der Waals surface area contributed by atoms with Gasteiger partial charge in [0, 0.05) is 76.6 Å². The number of fused-ring (bicyclic) bond motifs is 2. The van der Waals surface area contributed by atoms with E-state index < -0.39 is 29.7 Å². The number of benzene rings is 3. The van der Waals surface area contributed by atoms with Crippen molar-refractivity contribution in [2.24, 2.45) is 5.92 Å². The number of carbonyl (C=O) groups is 5. The van der Waals surface area contributed by atoms with Gasteiger partial charge >= 0.3 is 0 Å². The van der Waals surface area contributed by atoms with E-state index in [-0.39, 0.29) is 36.1 Å². The molecule has 19 nitrogen and oxygen atoms in total. The average Bonchev–Trinajstić information content (AvgIpc) is 4.08. The summed E-state index contributed by atoms with van der Waals surface area (Å²) in [5.74, 6) is 0.244. The molecule has 4 saturated heterocycles. The number of aromatic nitrogens is 5. The number of nitrogens with one attached hydrogen (secondary N) is 1. The first-order valence-corrected chi connectivity index (χ1v) is 23.3. The topological polar surface area (TPSA) is 218 Å². The lowest BCUT2D eigenvalue weighted by Gasteiger charge is -2.39. The number of hydrogen-bond acceptors (Lipinski definition) is 15. The van der Waals surface area contributed by atoms with Crippen LogP contribution < -0.4 is 25.6 Å². The lowest BCUT2D eigenvalue weighted by atomic mass is 9.96. The minimum absolute atomic E-state index is 0.0809. The summed E-state index contributed by atoms with van der Waals surface area (Å²) in [5.41, 5.74) is 10.00. The predicted octanol–water partition coefficient (Wildman–Crippen LogP) is 4.77. The van der Waals surface area contributed by atoms with Crippen molar-refractivity contribution in [2.45, 2.75) is 50.6 Å². The van der Waals surface area contributed by atoms with Gasteiger partial charge in [-0.05, 0) is 92.6 Å². The third-order valence-corrected chi connectivity index (χ3v) is 13.9. The lowest BCUT2D eigenvalue weighted by Crippen LogP contribution is -2.54. The summed E-state index contributed by atoms with van der Waals surface area (Å²) < 4.78 is 14.1. The zero-order valence-corrected chi connectivity index (χ0v) is 37.3. The maximum Gasteiger partial charge on any atom is 0.297 e. The molecule has 0 radical (unpaired) electrons. The molecule has 0 aliphatic carbocycles. The Morgan fingerprint density at radius 3 is 2.34 bits per heavy atom. The van der Waals surface area contributed by atoms with Crippen LogP contribution in [0.2, 0.25) is 0 Å².